The Balaban J connectivity index is 1.76. The molecule has 7 heteroatoms. The summed E-state index contributed by atoms with van der Waals surface area (Å²) in [5.41, 5.74) is 0.342. The normalized spacial score (nSPS) is 19.2. The van der Waals surface area contributed by atoms with Crippen molar-refractivity contribution in [3.05, 3.63) is 100 Å². The maximum Gasteiger partial charge on any atom is 0.416 e. The molecular formula is C24H19F6N. The quantitative estimate of drug-likeness (QED) is 0.402. The molecule has 0 spiro atoms. The van der Waals surface area contributed by atoms with Crippen LogP contribution in [0.3, 0.4) is 0 Å². The first-order chi connectivity index (χ1) is 14.6. The Bertz CT molecular complexity index is 1020. The highest BCUT2D eigenvalue weighted by Crippen LogP contribution is 2.43. The maximum absolute atomic E-state index is 13.3. The van der Waals surface area contributed by atoms with E-state index in [0.717, 1.165) is 29.0 Å². The van der Waals surface area contributed by atoms with E-state index < -0.39 is 23.5 Å². The van der Waals surface area contributed by atoms with E-state index in [-0.39, 0.29) is 29.9 Å². The maximum atomic E-state index is 13.3. The summed E-state index contributed by atoms with van der Waals surface area (Å²) >= 11 is 0. The van der Waals surface area contributed by atoms with Gasteiger partial charge in [0.2, 0.25) is 0 Å². The Kier molecular flexibility index (Phi) is 5.54. The fraction of sp³-hybridized carbons (Fsp3) is 0.292. The Hall–Kier alpha value is -2.83. The highest BCUT2D eigenvalue weighted by molar-refractivity contribution is 5.39. The van der Waals surface area contributed by atoms with E-state index in [1.807, 2.05) is 42.5 Å². The molecule has 1 nitrogen and oxygen atoms in total. The van der Waals surface area contributed by atoms with Crippen LogP contribution in [0.2, 0.25) is 0 Å². The van der Waals surface area contributed by atoms with E-state index in [1.54, 1.807) is 6.20 Å². The number of aromatic nitrogens is 1. The minimum absolute atomic E-state index is 0.0347. The zero-order valence-electron chi connectivity index (χ0n) is 16.3. The second-order valence-electron chi connectivity index (χ2n) is 7.85. The van der Waals surface area contributed by atoms with E-state index in [1.165, 1.54) is 0 Å². The number of nitrogens with zero attached hydrogens (tertiary/aromatic N) is 1. The number of halogens is 6. The second-order valence-corrected chi connectivity index (χ2v) is 7.85. The Morgan fingerprint density at radius 1 is 0.806 bits per heavy atom. The van der Waals surface area contributed by atoms with Gasteiger partial charge in [-0.1, -0.05) is 36.4 Å². The second kappa shape index (κ2) is 8.02. The van der Waals surface area contributed by atoms with Crippen LogP contribution in [0.5, 0.6) is 0 Å². The summed E-state index contributed by atoms with van der Waals surface area (Å²) in [7, 11) is 0. The molecule has 4 rings (SSSR count). The van der Waals surface area contributed by atoms with Crippen molar-refractivity contribution < 1.29 is 26.3 Å². The summed E-state index contributed by atoms with van der Waals surface area (Å²) < 4.78 is 79.7. The lowest BCUT2D eigenvalue weighted by Gasteiger charge is -2.33. The van der Waals surface area contributed by atoms with E-state index in [9.17, 15) is 26.3 Å². The number of aryl methyl sites for hydroxylation is 1. The molecule has 2 unspecified atom stereocenters. The largest absolute Gasteiger partial charge is 0.416 e. The lowest BCUT2D eigenvalue weighted by atomic mass is 9.72. The Morgan fingerprint density at radius 2 is 1.45 bits per heavy atom. The van der Waals surface area contributed by atoms with Gasteiger partial charge in [-0.2, -0.15) is 26.3 Å². The van der Waals surface area contributed by atoms with Gasteiger partial charge in [0, 0.05) is 12.1 Å². The predicted molar refractivity (Wildman–Crippen MR) is 104 cm³/mol. The zero-order chi connectivity index (χ0) is 22.2. The van der Waals surface area contributed by atoms with Crippen LogP contribution in [-0.2, 0) is 25.2 Å². The molecule has 0 N–H and O–H groups in total. The molecule has 2 aromatic carbocycles. The minimum atomic E-state index is -4.85. The van der Waals surface area contributed by atoms with Crippen LogP contribution in [0.1, 0.15) is 45.8 Å². The van der Waals surface area contributed by atoms with E-state index >= 15 is 0 Å². The van der Waals surface area contributed by atoms with E-state index in [2.05, 4.69) is 4.98 Å². The molecule has 1 aliphatic carbocycles. The molecule has 0 saturated heterocycles. The predicted octanol–water partition coefficient (Wildman–Crippen LogP) is 7.06. The molecule has 0 amide bonds. The summed E-state index contributed by atoms with van der Waals surface area (Å²) in [5, 5.41) is 0. The molecule has 0 radical (unpaired) electrons. The summed E-state index contributed by atoms with van der Waals surface area (Å²) in [6.07, 6.45) is -6.60. The number of pyridine rings is 1. The summed E-state index contributed by atoms with van der Waals surface area (Å²) in [5.74, 6) is -0.371. The molecule has 162 valence electrons. The fourth-order valence-corrected chi connectivity index (χ4v) is 4.42. The average Bonchev–Trinajstić information content (AvgIpc) is 2.73. The van der Waals surface area contributed by atoms with Crippen molar-refractivity contribution in [2.24, 2.45) is 5.92 Å². The summed E-state index contributed by atoms with van der Waals surface area (Å²) in [4.78, 5) is 4.52. The molecule has 0 aliphatic heterocycles. The van der Waals surface area contributed by atoms with Crippen molar-refractivity contribution in [3.63, 3.8) is 0 Å². The standard InChI is InChI=1S/C24H19F6N/c25-23(26,27)19-12-15(13-20(14-19)24(28,29)30)11-18-9-8-17-7-4-10-31-22(17)21(18)16-5-2-1-3-6-16/h1-7,10,12-14,18,21H,8-9,11H2. The lowest BCUT2D eigenvalue weighted by molar-refractivity contribution is -0.143. The van der Waals surface area contributed by atoms with Gasteiger partial charge < -0.3 is 0 Å². The van der Waals surface area contributed by atoms with Gasteiger partial charge in [0.1, 0.15) is 0 Å². The molecule has 1 aromatic heterocycles. The number of hydrogen-bond acceptors (Lipinski definition) is 1. The molecule has 0 bridgehead atoms. The van der Waals surface area contributed by atoms with Crippen molar-refractivity contribution in [2.75, 3.05) is 0 Å². The van der Waals surface area contributed by atoms with Crippen LogP contribution in [0.25, 0.3) is 0 Å². The van der Waals surface area contributed by atoms with Gasteiger partial charge in [0.15, 0.2) is 0 Å². The average molecular weight is 435 g/mol. The molecule has 3 aromatic rings. The van der Waals surface area contributed by atoms with Gasteiger partial charge in [-0.15, -0.1) is 0 Å². The van der Waals surface area contributed by atoms with Gasteiger partial charge in [0.25, 0.3) is 0 Å². The highest BCUT2D eigenvalue weighted by atomic mass is 19.4. The van der Waals surface area contributed by atoms with Gasteiger partial charge in [-0.25, -0.2) is 0 Å². The topological polar surface area (TPSA) is 12.9 Å². The van der Waals surface area contributed by atoms with Gasteiger partial charge >= 0.3 is 12.4 Å². The Morgan fingerprint density at radius 3 is 2.06 bits per heavy atom. The fourth-order valence-electron chi connectivity index (χ4n) is 4.42. The molecule has 0 fully saturated rings. The third kappa shape index (κ3) is 4.60. The third-order valence-corrected chi connectivity index (χ3v) is 5.78. The highest BCUT2D eigenvalue weighted by Gasteiger charge is 2.38. The van der Waals surface area contributed by atoms with Crippen LogP contribution in [-0.4, -0.2) is 4.98 Å². The smallest absolute Gasteiger partial charge is 0.260 e. The number of benzene rings is 2. The monoisotopic (exact) mass is 435 g/mol. The van der Waals surface area contributed by atoms with Crippen molar-refractivity contribution in [3.8, 4) is 0 Å². The first-order valence-electron chi connectivity index (χ1n) is 9.90. The SMILES string of the molecule is FC(F)(F)c1cc(CC2CCc3cccnc3C2c2ccccc2)cc(C(F)(F)F)c1. The lowest BCUT2D eigenvalue weighted by Crippen LogP contribution is -2.25. The van der Waals surface area contributed by atoms with Gasteiger partial charge in [-0.3, -0.25) is 4.98 Å². The molecule has 0 saturated carbocycles. The van der Waals surface area contributed by atoms with Crippen LogP contribution >= 0.6 is 0 Å². The van der Waals surface area contributed by atoms with Crippen molar-refractivity contribution in [2.45, 2.75) is 37.5 Å². The first kappa shape index (κ1) is 21.4. The zero-order valence-corrected chi connectivity index (χ0v) is 16.3. The van der Waals surface area contributed by atoms with E-state index in [0.29, 0.717) is 12.8 Å². The van der Waals surface area contributed by atoms with Crippen LogP contribution in [0.4, 0.5) is 26.3 Å². The summed E-state index contributed by atoms with van der Waals surface area (Å²) in [6, 6.07) is 15.1. The number of hydrogen-bond donors (Lipinski definition) is 0. The third-order valence-electron chi connectivity index (χ3n) is 5.78. The van der Waals surface area contributed by atoms with Gasteiger partial charge in [0.05, 0.1) is 16.8 Å². The van der Waals surface area contributed by atoms with Crippen molar-refractivity contribution in [1.82, 2.24) is 4.98 Å². The first-order valence-corrected chi connectivity index (χ1v) is 9.90. The molecule has 2 atom stereocenters. The van der Waals surface area contributed by atoms with Crippen LogP contribution in [0, 0.1) is 5.92 Å². The molecular weight excluding hydrogens is 416 g/mol. The van der Waals surface area contributed by atoms with Crippen LogP contribution < -0.4 is 0 Å². The Labute approximate surface area is 175 Å². The van der Waals surface area contributed by atoms with Crippen LogP contribution in [0.15, 0.2) is 66.9 Å². The number of alkyl halides is 6. The summed E-state index contributed by atoms with van der Waals surface area (Å²) in [6.45, 7) is 0. The van der Waals surface area contributed by atoms with E-state index in [4.69, 9.17) is 0 Å². The minimum Gasteiger partial charge on any atom is -0.260 e. The number of rotatable bonds is 3. The molecule has 31 heavy (non-hydrogen) atoms. The molecule has 1 aliphatic rings. The van der Waals surface area contributed by atoms with Crippen molar-refractivity contribution >= 4 is 0 Å². The molecule has 1 heterocycles. The van der Waals surface area contributed by atoms with Gasteiger partial charge in [-0.05, 0) is 66.1 Å². The van der Waals surface area contributed by atoms with Crippen molar-refractivity contribution in [1.29, 1.82) is 0 Å². The number of fused-ring (bicyclic) bond motifs is 1.